The Kier molecular flexibility index (Phi) is 6.27. The summed E-state index contributed by atoms with van der Waals surface area (Å²) in [5.41, 5.74) is 1.06. The molecule has 0 aliphatic carbocycles. The van der Waals surface area contributed by atoms with Crippen LogP contribution in [0.15, 0.2) is 47.6 Å². The number of alkyl halides is 3. The molecule has 2 rings (SSSR count). The van der Waals surface area contributed by atoms with Crippen molar-refractivity contribution in [3.63, 3.8) is 0 Å². The summed E-state index contributed by atoms with van der Waals surface area (Å²) < 4.78 is 43.6. The van der Waals surface area contributed by atoms with Gasteiger partial charge in [-0.1, -0.05) is 41.4 Å². The van der Waals surface area contributed by atoms with Crippen molar-refractivity contribution < 1.29 is 22.7 Å². The fourth-order valence-electron chi connectivity index (χ4n) is 1.81. The Morgan fingerprint density at radius 3 is 2.60 bits per heavy atom. The molecular formula is C16H11Cl2F3N2O2. The molecule has 0 aromatic heterocycles. The van der Waals surface area contributed by atoms with Crippen molar-refractivity contribution in [1.82, 2.24) is 5.43 Å². The Balaban J connectivity index is 1.93. The normalized spacial score (nSPS) is 11.6. The average molecular weight is 391 g/mol. The van der Waals surface area contributed by atoms with Crippen LogP contribution < -0.4 is 10.2 Å². The van der Waals surface area contributed by atoms with E-state index in [4.69, 9.17) is 27.9 Å². The first-order chi connectivity index (χ1) is 11.8. The van der Waals surface area contributed by atoms with Crippen LogP contribution in [0.2, 0.25) is 10.0 Å². The van der Waals surface area contributed by atoms with Gasteiger partial charge in [0.1, 0.15) is 5.75 Å². The smallest absolute Gasteiger partial charge is 0.417 e. The van der Waals surface area contributed by atoms with Gasteiger partial charge in [-0.3, -0.25) is 4.79 Å². The van der Waals surface area contributed by atoms with Gasteiger partial charge in [-0.05, 0) is 24.3 Å². The lowest BCUT2D eigenvalue weighted by Crippen LogP contribution is -2.24. The summed E-state index contributed by atoms with van der Waals surface area (Å²) in [5.74, 6) is -0.417. The number of nitrogens with one attached hydrogen (secondary N) is 1. The minimum atomic E-state index is -4.51. The molecule has 0 fully saturated rings. The predicted molar refractivity (Wildman–Crippen MR) is 89.1 cm³/mol. The van der Waals surface area contributed by atoms with Crippen molar-refractivity contribution in [2.75, 3.05) is 6.61 Å². The summed E-state index contributed by atoms with van der Waals surface area (Å²) in [7, 11) is 0. The average Bonchev–Trinajstić information content (AvgIpc) is 2.53. The van der Waals surface area contributed by atoms with Crippen LogP contribution in [0.25, 0.3) is 0 Å². The molecule has 0 heterocycles. The van der Waals surface area contributed by atoms with Gasteiger partial charge in [0.05, 0.1) is 16.8 Å². The molecule has 1 amide bonds. The van der Waals surface area contributed by atoms with Crippen LogP contribution in [0.1, 0.15) is 11.1 Å². The largest absolute Gasteiger partial charge is 0.482 e. The van der Waals surface area contributed by atoms with Gasteiger partial charge in [0.25, 0.3) is 5.91 Å². The van der Waals surface area contributed by atoms with Crippen LogP contribution in [0.5, 0.6) is 5.75 Å². The molecule has 132 valence electrons. The van der Waals surface area contributed by atoms with Crippen molar-refractivity contribution >= 4 is 35.3 Å². The fraction of sp³-hybridized carbons (Fsp3) is 0.125. The van der Waals surface area contributed by atoms with Gasteiger partial charge >= 0.3 is 6.18 Å². The predicted octanol–water partition coefficient (Wildman–Crippen LogP) is 4.54. The second kappa shape index (κ2) is 8.22. The third kappa shape index (κ3) is 5.65. The lowest BCUT2D eigenvalue weighted by molar-refractivity contribution is -0.137. The first kappa shape index (κ1) is 19.1. The number of ether oxygens (including phenoxy) is 1. The number of hydrazone groups is 1. The van der Waals surface area contributed by atoms with Gasteiger partial charge in [-0.2, -0.15) is 18.3 Å². The molecule has 0 saturated heterocycles. The molecule has 1 N–H and O–H groups in total. The van der Waals surface area contributed by atoms with E-state index in [1.807, 2.05) is 0 Å². The van der Waals surface area contributed by atoms with Gasteiger partial charge in [-0.25, -0.2) is 5.43 Å². The van der Waals surface area contributed by atoms with Gasteiger partial charge < -0.3 is 4.74 Å². The third-order valence-corrected chi connectivity index (χ3v) is 3.44. The van der Waals surface area contributed by atoms with Crippen LogP contribution in [0, 0.1) is 0 Å². The van der Waals surface area contributed by atoms with E-state index >= 15 is 0 Å². The number of carbonyl (C=O) groups excluding carboxylic acids is 1. The standard InChI is InChI=1S/C16H11Cl2F3N2O2/c17-11-5-6-14(13(18)7-11)25-9-15(24)23-22-8-10-3-1-2-4-12(10)16(19,20)21/h1-8H,9H2,(H,23,24)/b22-8-. The van der Waals surface area contributed by atoms with Crippen LogP contribution in [0.3, 0.4) is 0 Å². The Labute approximate surface area is 151 Å². The summed E-state index contributed by atoms with van der Waals surface area (Å²) in [6.45, 7) is -0.417. The quantitative estimate of drug-likeness (QED) is 0.601. The summed E-state index contributed by atoms with van der Waals surface area (Å²) in [6, 6.07) is 9.33. The third-order valence-electron chi connectivity index (χ3n) is 2.91. The second-order valence-corrected chi connectivity index (χ2v) is 5.59. The highest BCUT2D eigenvalue weighted by molar-refractivity contribution is 6.35. The Morgan fingerprint density at radius 1 is 1.20 bits per heavy atom. The van der Waals surface area contributed by atoms with Crippen molar-refractivity contribution in [3.8, 4) is 5.75 Å². The molecule has 0 spiro atoms. The van der Waals surface area contributed by atoms with Gasteiger partial charge in [0.15, 0.2) is 6.61 Å². The number of hydrogen-bond donors (Lipinski definition) is 1. The highest BCUT2D eigenvalue weighted by Gasteiger charge is 2.32. The van der Waals surface area contributed by atoms with Crippen LogP contribution in [-0.2, 0) is 11.0 Å². The molecule has 25 heavy (non-hydrogen) atoms. The highest BCUT2D eigenvalue weighted by atomic mass is 35.5. The maximum atomic E-state index is 12.8. The molecule has 2 aromatic rings. The maximum absolute atomic E-state index is 12.8. The van der Waals surface area contributed by atoms with E-state index < -0.39 is 24.3 Å². The van der Waals surface area contributed by atoms with E-state index in [0.717, 1.165) is 12.3 Å². The number of halogens is 5. The van der Waals surface area contributed by atoms with Gasteiger partial charge in [0.2, 0.25) is 0 Å². The molecule has 9 heteroatoms. The van der Waals surface area contributed by atoms with Crippen molar-refractivity contribution in [2.45, 2.75) is 6.18 Å². The molecule has 0 aliphatic rings. The second-order valence-electron chi connectivity index (χ2n) is 4.74. The van der Waals surface area contributed by atoms with Crippen molar-refractivity contribution in [3.05, 3.63) is 63.6 Å². The zero-order chi connectivity index (χ0) is 18.4. The molecule has 0 unspecified atom stereocenters. The molecule has 4 nitrogen and oxygen atoms in total. The molecule has 0 saturated carbocycles. The van der Waals surface area contributed by atoms with E-state index in [1.165, 1.54) is 36.4 Å². The first-order valence-electron chi connectivity index (χ1n) is 6.83. The number of rotatable bonds is 5. The van der Waals surface area contributed by atoms with E-state index in [0.29, 0.717) is 5.02 Å². The molecule has 0 atom stereocenters. The molecule has 0 radical (unpaired) electrons. The number of amides is 1. The SMILES string of the molecule is O=C(COc1ccc(Cl)cc1Cl)N/N=C\c1ccccc1C(F)(F)F. The van der Waals surface area contributed by atoms with Crippen LogP contribution >= 0.6 is 23.2 Å². The Bertz CT molecular complexity index is 795. The number of nitrogens with zero attached hydrogens (tertiary/aromatic N) is 1. The van der Waals surface area contributed by atoms with E-state index in [9.17, 15) is 18.0 Å². The van der Waals surface area contributed by atoms with E-state index in [2.05, 4.69) is 10.5 Å². The van der Waals surface area contributed by atoms with E-state index in [-0.39, 0.29) is 16.3 Å². The first-order valence-corrected chi connectivity index (χ1v) is 7.59. The molecule has 2 aromatic carbocycles. The maximum Gasteiger partial charge on any atom is 0.417 e. The summed E-state index contributed by atoms with van der Waals surface area (Å²) >= 11 is 11.6. The molecule has 0 aliphatic heterocycles. The summed E-state index contributed by atoms with van der Waals surface area (Å²) in [6.07, 6.45) is -3.60. The van der Waals surface area contributed by atoms with Gasteiger partial charge in [-0.15, -0.1) is 0 Å². The highest BCUT2D eigenvalue weighted by Crippen LogP contribution is 2.31. The minimum absolute atomic E-state index is 0.169. The van der Waals surface area contributed by atoms with Crippen LogP contribution in [-0.4, -0.2) is 18.7 Å². The summed E-state index contributed by atoms with van der Waals surface area (Å²) in [4.78, 5) is 11.6. The monoisotopic (exact) mass is 390 g/mol. The van der Waals surface area contributed by atoms with Crippen molar-refractivity contribution in [2.24, 2.45) is 5.10 Å². The topological polar surface area (TPSA) is 50.7 Å². The Morgan fingerprint density at radius 2 is 1.92 bits per heavy atom. The number of carbonyl (C=O) groups is 1. The van der Waals surface area contributed by atoms with Crippen molar-refractivity contribution in [1.29, 1.82) is 0 Å². The molecular weight excluding hydrogens is 380 g/mol. The lowest BCUT2D eigenvalue weighted by atomic mass is 10.1. The number of hydrogen-bond acceptors (Lipinski definition) is 3. The minimum Gasteiger partial charge on any atom is -0.482 e. The zero-order valence-electron chi connectivity index (χ0n) is 12.5. The fourth-order valence-corrected chi connectivity index (χ4v) is 2.27. The van der Waals surface area contributed by atoms with E-state index in [1.54, 1.807) is 0 Å². The summed E-state index contributed by atoms with van der Waals surface area (Å²) in [5, 5.41) is 4.14. The Hall–Kier alpha value is -2.25. The van der Waals surface area contributed by atoms with Gasteiger partial charge in [0, 0.05) is 10.6 Å². The number of benzene rings is 2. The zero-order valence-corrected chi connectivity index (χ0v) is 14.0. The molecule has 0 bridgehead atoms. The lowest BCUT2D eigenvalue weighted by Gasteiger charge is -2.09. The van der Waals surface area contributed by atoms with Crippen LogP contribution in [0.4, 0.5) is 13.2 Å².